The Bertz CT molecular complexity index is 656. The third-order valence-corrected chi connectivity index (χ3v) is 5.51. The van der Waals surface area contributed by atoms with Crippen molar-refractivity contribution in [2.75, 3.05) is 0 Å². The van der Waals surface area contributed by atoms with Crippen LogP contribution in [0.15, 0.2) is 24.3 Å². The largest absolute Gasteiger partial charge is 0.508 e. The molecule has 0 aliphatic rings. The highest BCUT2D eigenvalue weighted by Gasteiger charge is 2.06. The first-order valence-corrected chi connectivity index (χ1v) is 10.4. The number of aromatic hydroxyl groups is 4. The van der Waals surface area contributed by atoms with E-state index in [4.69, 9.17) is 0 Å². The lowest BCUT2D eigenvalue weighted by Crippen LogP contribution is -1.89. The van der Waals surface area contributed by atoms with E-state index in [0.29, 0.717) is 11.1 Å². The molecule has 154 valence electrons. The molecule has 0 fully saturated rings. The minimum Gasteiger partial charge on any atom is -0.508 e. The van der Waals surface area contributed by atoms with E-state index in [0.717, 1.165) is 49.7 Å². The van der Waals surface area contributed by atoms with Gasteiger partial charge in [0.2, 0.25) is 0 Å². The van der Waals surface area contributed by atoms with Gasteiger partial charge in [-0.15, -0.1) is 0 Å². The number of phenols is 4. The zero-order chi connectivity index (χ0) is 20.5. The van der Waals surface area contributed by atoms with Crippen LogP contribution in [0.2, 0.25) is 0 Å². The third-order valence-electron chi connectivity index (χ3n) is 5.51. The highest BCUT2D eigenvalue weighted by atomic mass is 16.3. The maximum absolute atomic E-state index is 9.75. The molecule has 0 unspecified atom stereocenters. The van der Waals surface area contributed by atoms with Crippen molar-refractivity contribution in [2.45, 2.75) is 78.1 Å². The second-order valence-electron chi connectivity index (χ2n) is 7.85. The molecular weight excluding hydrogens is 352 g/mol. The Balaban J connectivity index is 1.51. The fourth-order valence-electron chi connectivity index (χ4n) is 3.49. The van der Waals surface area contributed by atoms with Crippen LogP contribution in [0.5, 0.6) is 23.0 Å². The Morgan fingerprint density at radius 1 is 0.464 bits per heavy atom. The normalized spacial score (nSPS) is 11.1. The van der Waals surface area contributed by atoms with Crippen LogP contribution in [-0.4, -0.2) is 20.4 Å². The third kappa shape index (κ3) is 6.66. The predicted octanol–water partition coefficient (Wildman–Crippen LogP) is 6.03. The lowest BCUT2D eigenvalue weighted by Gasteiger charge is -2.08. The second-order valence-corrected chi connectivity index (χ2v) is 7.85. The molecule has 4 nitrogen and oxygen atoms in total. The average molecular weight is 387 g/mol. The lowest BCUT2D eigenvalue weighted by molar-refractivity contribution is 0.440. The van der Waals surface area contributed by atoms with Crippen LogP contribution in [0.25, 0.3) is 0 Å². The van der Waals surface area contributed by atoms with E-state index in [1.807, 2.05) is 0 Å². The zero-order valence-corrected chi connectivity index (χ0v) is 17.2. The van der Waals surface area contributed by atoms with Gasteiger partial charge in [0.15, 0.2) is 0 Å². The maximum atomic E-state index is 9.75. The molecular formula is C24H34O4. The summed E-state index contributed by atoms with van der Waals surface area (Å²) in [5.41, 5.74) is 3.07. The van der Waals surface area contributed by atoms with Gasteiger partial charge in [0.25, 0.3) is 0 Å². The molecule has 0 heterocycles. The number of benzene rings is 2. The van der Waals surface area contributed by atoms with Crippen molar-refractivity contribution in [2.24, 2.45) is 0 Å². The van der Waals surface area contributed by atoms with Crippen molar-refractivity contribution < 1.29 is 20.4 Å². The summed E-state index contributed by atoms with van der Waals surface area (Å²) < 4.78 is 0. The van der Waals surface area contributed by atoms with Crippen LogP contribution in [0.1, 0.15) is 73.6 Å². The number of rotatable bonds is 11. The molecule has 2 aromatic carbocycles. The van der Waals surface area contributed by atoms with E-state index in [2.05, 4.69) is 0 Å². The highest BCUT2D eigenvalue weighted by Crippen LogP contribution is 2.29. The number of hydrogen-bond donors (Lipinski definition) is 4. The van der Waals surface area contributed by atoms with Crippen molar-refractivity contribution >= 4 is 0 Å². The van der Waals surface area contributed by atoms with E-state index in [9.17, 15) is 20.4 Å². The van der Waals surface area contributed by atoms with E-state index in [1.165, 1.54) is 25.7 Å². The smallest absolute Gasteiger partial charge is 0.122 e. The summed E-state index contributed by atoms with van der Waals surface area (Å²) in [5.74, 6) is 0.689. The molecule has 0 bridgehead atoms. The molecule has 0 saturated heterocycles. The number of phenolic OH excluding ortho intramolecular Hbond substituents is 4. The van der Waals surface area contributed by atoms with Gasteiger partial charge in [-0.1, -0.05) is 38.5 Å². The molecule has 0 aromatic heterocycles. The summed E-state index contributed by atoms with van der Waals surface area (Å²) in [6, 6.07) is 7.01. The number of hydrogen-bond acceptors (Lipinski definition) is 4. The Morgan fingerprint density at radius 2 is 0.714 bits per heavy atom. The van der Waals surface area contributed by atoms with Crippen molar-refractivity contribution in [1.82, 2.24) is 0 Å². The molecule has 0 aliphatic heterocycles. The monoisotopic (exact) mass is 386 g/mol. The molecule has 2 aromatic rings. The van der Waals surface area contributed by atoms with Gasteiger partial charge in [0, 0.05) is 11.1 Å². The summed E-state index contributed by atoms with van der Waals surface area (Å²) in [5, 5.41) is 39.0. The molecule has 0 atom stereocenters. The topological polar surface area (TPSA) is 80.9 Å². The summed E-state index contributed by atoms with van der Waals surface area (Å²) >= 11 is 0. The number of aryl methyl sites for hydroxylation is 2. The van der Waals surface area contributed by atoms with Gasteiger partial charge in [0.1, 0.15) is 23.0 Å². The van der Waals surface area contributed by atoms with Gasteiger partial charge in [-0.25, -0.2) is 0 Å². The van der Waals surface area contributed by atoms with Gasteiger partial charge in [-0.3, -0.25) is 0 Å². The van der Waals surface area contributed by atoms with Crippen LogP contribution in [0.4, 0.5) is 0 Å². The first-order chi connectivity index (χ1) is 13.4. The minimum atomic E-state index is 0.172. The van der Waals surface area contributed by atoms with Gasteiger partial charge in [-0.05, 0) is 74.9 Å². The van der Waals surface area contributed by atoms with Gasteiger partial charge >= 0.3 is 0 Å². The highest BCUT2D eigenvalue weighted by molar-refractivity contribution is 5.46. The molecule has 0 aliphatic carbocycles. The van der Waals surface area contributed by atoms with Gasteiger partial charge in [0.05, 0.1) is 0 Å². The van der Waals surface area contributed by atoms with Crippen LogP contribution in [-0.2, 0) is 12.8 Å². The molecule has 0 amide bonds. The fraction of sp³-hybridized carbons (Fsp3) is 0.500. The Morgan fingerprint density at radius 3 is 1.00 bits per heavy atom. The van der Waals surface area contributed by atoms with E-state index < -0.39 is 0 Å². The summed E-state index contributed by atoms with van der Waals surface area (Å²) in [6.07, 6.45) is 11.1. The minimum absolute atomic E-state index is 0.172. The predicted molar refractivity (Wildman–Crippen MR) is 113 cm³/mol. The van der Waals surface area contributed by atoms with E-state index in [1.54, 1.807) is 38.1 Å². The molecule has 28 heavy (non-hydrogen) atoms. The molecule has 0 spiro atoms. The van der Waals surface area contributed by atoms with Gasteiger partial charge in [-0.2, -0.15) is 0 Å². The summed E-state index contributed by atoms with van der Waals surface area (Å²) in [7, 11) is 0. The standard InChI is InChI=1S/C24H34O4/c1-17-21(25)13-19(14-22(17)26)11-9-7-5-3-4-6-8-10-12-20-15-23(27)18(2)24(28)16-20/h13-16,25-28H,3-12H2,1-2H3. The van der Waals surface area contributed by atoms with Crippen LogP contribution in [0.3, 0.4) is 0 Å². The first-order valence-electron chi connectivity index (χ1n) is 10.4. The van der Waals surface area contributed by atoms with Crippen LogP contribution < -0.4 is 0 Å². The molecule has 4 N–H and O–H groups in total. The van der Waals surface area contributed by atoms with Crippen LogP contribution in [0, 0.1) is 13.8 Å². The Labute approximate surface area is 168 Å². The summed E-state index contributed by atoms with van der Waals surface area (Å²) in [4.78, 5) is 0. The van der Waals surface area contributed by atoms with Crippen molar-refractivity contribution in [3.05, 3.63) is 46.5 Å². The molecule has 0 radical (unpaired) electrons. The fourth-order valence-corrected chi connectivity index (χ4v) is 3.49. The first kappa shape index (κ1) is 21.9. The zero-order valence-electron chi connectivity index (χ0n) is 17.2. The Kier molecular flexibility index (Phi) is 8.49. The Hall–Kier alpha value is -2.36. The molecule has 2 rings (SSSR count). The molecule has 4 heteroatoms. The molecule has 0 saturated carbocycles. The quantitative estimate of drug-likeness (QED) is 0.355. The van der Waals surface area contributed by atoms with Crippen molar-refractivity contribution in [1.29, 1.82) is 0 Å². The van der Waals surface area contributed by atoms with Crippen molar-refractivity contribution in [3.63, 3.8) is 0 Å². The SMILES string of the molecule is Cc1c(O)cc(CCCCCCCCCCc2cc(O)c(C)c(O)c2)cc1O. The maximum Gasteiger partial charge on any atom is 0.122 e. The van der Waals surface area contributed by atoms with E-state index >= 15 is 0 Å². The average Bonchev–Trinajstić information content (AvgIpc) is 2.65. The van der Waals surface area contributed by atoms with Crippen LogP contribution >= 0.6 is 0 Å². The second kappa shape index (κ2) is 10.8. The lowest BCUT2D eigenvalue weighted by atomic mass is 10.0. The van der Waals surface area contributed by atoms with Gasteiger partial charge < -0.3 is 20.4 Å². The van der Waals surface area contributed by atoms with E-state index in [-0.39, 0.29) is 23.0 Å². The summed E-state index contributed by atoms with van der Waals surface area (Å²) in [6.45, 7) is 3.42. The number of unbranched alkanes of at least 4 members (excludes halogenated alkanes) is 7. The van der Waals surface area contributed by atoms with Crippen molar-refractivity contribution in [3.8, 4) is 23.0 Å².